The first-order chi connectivity index (χ1) is 10.1. The molecule has 0 N–H and O–H groups in total. The molecule has 2 rings (SSSR count). The van der Waals surface area contributed by atoms with Crippen molar-refractivity contribution in [3.05, 3.63) is 48.0 Å². The van der Waals surface area contributed by atoms with Gasteiger partial charge in [-0.25, -0.2) is 4.79 Å². The summed E-state index contributed by atoms with van der Waals surface area (Å²) in [7, 11) is 1.56. The van der Waals surface area contributed by atoms with E-state index >= 15 is 0 Å². The van der Waals surface area contributed by atoms with Crippen molar-refractivity contribution in [1.82, 2.24) is 0 Å². The van der Waals surface area contributed by atoms with Crippen LogP contribution in [0.3, 0.4) is 0 Å². The van der Waals surface area contributed by atoms with Gasteiger partial charge in [-0.2, -0.15) is 0 Å². The first kappa shape index (κ1) is 16.1. The largest absolute Gasteiger partial charge is 0.457 e. The number of alkyl halides is 1. The van der Waals surface area contributed by atoms with Crippen molar-refractivity contribution in [2.24, 2.45) is 0 Å². The van der Waals surface area contributed by atoms with Gasteiger partial charge >= 0.3 is 5.97 Å². The molecule has 1 aliphatic carbocycles. The van der Waals surface area contributed by atoms with Gasteiger partial charge in [0.05, 0.1) is 11.0 Å². The lowest BCUT2D eigenvalue weighted by atomic mass is 9.97. The highest BCUT2D eigenvalue weighted by atomic mass is 35.5. The number of halogens is 1. The van der Waals surface area contributed by atoms with Gasteiger partial charge in [0, 0.05) is 7.11 Å². The predicted molar refractivity (Wildman–Crippen MR) is 83.3 cm³/mol. The van der Waals surface area contributed by atoms with Gasteiger partial charge in [0.25, 0.3) is 0 Å². The van der Waals surface area contributed by atoms with E-state index in [0.29, 0.717) is 5.57 Å². The van der Waals surface area contributed by atoms with Crippen LogP contribution >= 0.6 is 11.6 Å². The third-order valence-corrected chi connectivity index (χ3v) is 4.30. The van der Waals surface area contributed by atoms with Crippen molar-refractivity contribution < 1.29 is 14.3 Å². The molecule has 3 atom stereocenters. The van der Waals surface area contributed by atoms with Crippen LogP contribution in [0.1, 0.15) is 37.4 Å². The van der Waals surface area contributed by atoms with E-state index in [-0.39, 0.29) is 11.5 Å². The van der Waals surface area contributed by atoms with Gasteiger partial charge in [0.2, 0.25) is 0 Å². The van der Waals surface area contributed by atoms with Crippen LogP contribution in [-0.4, -0.2) is 24.6 Å². The first-order valence-electron chi connectivity index (χ1n) is 7.25. The maximum Gasteiger partial charge on any atom is 0.336 e. The zero-order valence-corrected chi connectivity index (χ0v) is 13.0. The molecule has 1 saturated carbocycles. The van der Waals surface area contributed by atoms with Crippen LogP contribution in [0.15, 0.2) is 42.5 Å². The monoisotopic (exact) mass is 308 g/mol. The van der Waals surface area contributed by atoms with Gasteiger partial charge < -0.3 is 9.47 Å². The van der Waals surface area contributed by atoms with Gasteiger partial charge in [-0.15, -0.1) is 11.6 Å². The molecule has 3 unspecified atom stereocenters. The molecule has 1 aromatic carbocycles. The van der Waals surface area contributed by atoms with Gasteiger partial charge in [0.15, 0.2) is 0 Å². The van der Waals surface area contributed by atoms with Gasteiger partial charge in [0.1, 0.15) is 12.2 Å². The summed E-state index contributed by atoms with van der Waals surface area (Å²) in [5, 5.41) is -0.103. The lowest BCUT2D eigenvalue weighted by molar-refractivity contribution is -0.146. The van der Waals surface area contributed by atoms with Crippen LogP contribution in [0.4, 0.5) is 0 Å². The quantitative estimate of drug-likeness (QED) is 0.468. The van der Waals surface area contributed by atoms with Gasteiger partial charge in [-0.1, -0.05) is 43.3 Å². The zero-order chi connectivity index (χ0) is 15.2. The maximum atomic E-state index is 12.3. The third kappa shape index (κ3) is 4.08. The Bertz CT molecular complexity index is 486. The van der Waals surface area contributed by atoms with E-state index in [2.05, 4.69) is 6.58 Å². The second-order valence-electron chi connectivity index (χ2n) is 5.30. The fourth-order valence-electron chi connectivity index (χ4n) is 2.61. The molecular weight excluding hydrogens is 288 g/mol. The number of hydrogen-bond donors (Lipinski definition) is 0. The van der Waals surface area contributed by atoms with Crippen LogP contribution in [0, 0.1) is 0 Å². The molecule has 3 nitrogen and oxygen atoms in total. The van der Waals surface area contributed by atoms with Crippen LogP contribution in [0.5, 0.6) is 0 Å². The number of carbonyl (C=O) groups excluding carboxylic acids is 1. The molecule has 4 heteroatoms. The summed E-state index contributed by atoms with van der Waals surface area (Å²) in [5.41, 5.74) is 1.19. The highest BCUT2D eigenvalue weighted by molar-refractivity contribution is 6.21. The van der Waals surface area contributed by atoms with Crippen molar-refractivity contribution in [2.75, 3.05) is 7.11 Å². The molecule has 0 radical (unpaired) electrons. The summed E-state index contributed by atoms with van der Waals surface area (Å²) in [4.78, 5) is 12.3. The number of methoxy groups -OCH3 is 1. The predicted octanol–water partition coefficient (Wildman–Crippen LogP) is 4.02. The number of carbonyl (C=O) groups is 1. The SMILES string of the molecule is C=C(C(=O)OC1CCCCC1Cl)C(OC)c1ccccc1. The minimum absolute atomic E-state index is 0.103. The molecule has 114 valence electrons. The van der Waals surface area contributed by atoms with Crippen molar-refractivity contribution in [1.29, 1.82) is 0 Å². The van der Waals surface area contributed by atoms with Crippen LogP contribution in [0.25, 0.3) is 0 Å². The summed E-state index contributed by atoms with van der Waals surface area (Å²) in [6.07, 6.45) is 3.12. The Labute approximate surface area is 130 Å². The summed E-state index contributed by atoms with van der Waals surface area (Å²) < 4.78 is 10.9. The Morgan fingerprint density at radius 3 is 2.57 bits per heavy atom. The Kier molecular flexibility index (Phi) is 5.83. The molecule has 1 fully saturated rings. The van der Waals surface area contributed by atoms with E-state index in [9.17, 15) is 4.79 Å². The molecule has 0 amide bonds. The molecule has 0 heterocycles. The highest BCUT2D eigenvalue weighted by Crippen LogP contribution is 2.29. The molecule has 1 aromatic rings. The number of hydrogen-bond acceptors (Lipinski definition) is 3. The summed E-state index contributed by atoms with van der Waals surface area (Å²) >= 11 is 6.22. The Morgan fingerprint density at radius 1 is 1.29 bits per heavy atom. The molecule has 1 aliphatic rings. The lowest BCUT2D eigenvalue weighted by Gasteiger charge is -2.28. The second-order valence-corrected chi connectivity index (χ2v) is 5.86. The Morgan fingerprint density at radius 2 is 1.95 bits per heavy atom. The number of benzene rings is 1. The summed E-state index contributed by atoms with van der Waals surface area (Å²) in [6.45, 7) is 3.85. The van der Waals surface area contributed by atoms with Crippen molar-refractivity contribution in [2.45, 2.75) is 43.3 Å². The van der Waals surface area contributed by atoms with E-state index in [0.717, 1.165) is 31.2 Å². The second kappa shape index (κ2) is 7.62. The van der Waals surface area contributed by atoms with E-state index in [4.69, 9.17) is 21.1 Å². The van der Waals surface area contributed by atoms with Gasteiger partial charge in [-0.05, 0) is 24.8 Å². The van der Waals surface area contributed by atoms with Crippen LogP contribution in [0.2, 0.25) is 0 Å². The smallest absolute Gasteiger partial charge is 0.336 e. The third-order valence-electron chi connectivity index (χ3n) is 3.80. The molecule has 0 saturated heterocycles. The standard InChI is InChI=1S/C17H21ClO3/c1-12(16(20-2)13-8-4-3-5-9-13)17(19)21-15-11-7-6-10-14(15)18/h3-5,8-9,14-16H,1,6-7,10-11H2,2H3. The normalized spacial score (nSPS) is 23.3. The van der Waals surface area contributed by atoms with Crippen molar-refractivity contribution in [3.63, 3.8) is 0 Å². The minimum Gasteiger partial charge on any atom is -0.457 e. The Hall–Kier alpha value is -1.32. The fourth-order valence-corrected chi connectivity index (χ4v) is 2.94. The average molecular weight is 309 g/mol. The van der Waals surface area contributed by atoms with Crippen LogP contribution in [-0.2, 0) is 14.3 Å². The molecule has 0 spiro atoms. The molecule has 21 heavy (non-hydrogen) atoms. The van der Waals surface area contributed by atoms with Gasteiger partial charge in [-0.3, -0.25) is 0 Å². The van der Waals surface area contributed by atoms with Crippen molar-refractivity contribution >= 4 is 17.6 Å². The van der Waals surface area contributed by atoms with Crippen LogP contribution < -0.4 is 0 Å². The lowest BCUT2D eigenvalue weighted by Crippen LogP contribution is -2.32. The number of rotatable bonds is 5. The molecule has 0 bridgehead atoms. The van der Waals surface area contributed by atoms with E-state index in [1.54, 1.807) is 7.11 Å². The first-order valence-corrected chi connectivity index (χ1v) is 7.68. The van der Waals surface area contributed by atoms with E-state index < -0.39 is 12.1 Å². The molecule has 0 aromatic heterocycles. The zero-order valence-electron chi connectivity index (χ0n) is 12.3. The van der Waals surface area contributed by atoms with Crippen molar-refractivity contribution in [3.8, 4) is 0 Å². The maximum absolute atomic E-state index is 12.3. The summed E-state index contributed by atoms with van der Waals surface area (Å²) in [6, 6.07) is 9.51. The Balaban J connectivity index is 2.02. The molecular formula is C17H21ClO3. The summed E-state index contributed by atoms with van der Waals surface area (Å²) in [5.74, 6) is -0.428. The highest BCUT2D eigenvalue weighted by Gasteiger charge is 2.29. The topological polar surface area (TPSA) is 35.5 Å². The molecule has 0 aliphatic heterocycles. The van der Waals surface area contributed by atoms with E-state index in [1.807, 2.05) is 30.3 Å². The number of esters is 1. The fraction of sp³-hybridized carbons (Fsp3) is 0.471. The average Bonchev–Trinajstić information content (AvgIpc) is 2.51. The minimum atomic E-state index is -0.490. The number of ether oxygens (including phenoxy) is 2. The van der Waals surface area contributed by atoms with E-state index in [1.165, 1.54) is 0 Å².